The molecule has 1 saturated heterocycles. The summed E-state index contributed by atoms with van der Waals surface area (Å²) in [6, 6.07) is 8.78. The maximum Gasteiger partial charge on any atom is 0.326 e. The minimum Gasteiger partial charge on any atom is -0.481 e. The van der Waals surface area contributed by atoms with E-state index in [2.05, 4.69) is 9.97 Å². The topological polar surface area (TPSA) is 121 Å². The molecule has 1 aromatic heterocycles. The van der Waals surface area contributed by atoms with Gasteiger partial charge in [-0.3, -0.25) is 9.59 Å². The Morgan fingerprint density at radius 1 is 1.07 bits per heavy atom. The summed E-state index contributed by atoms with van der Waals surface area (Å²) >= 11 is 1.20. The number of carbonyl (C=O) groups excluding carboxylic acids is 1. The Bertz CT molecular complexity index is 833. The van der Waals surface area contributed by atoms with Crippen LogP contribution in [0.4, 0.5) is 0 Å². The van der Waals surface area contributed by atoms with Crippen LogP contribution in [0.5, 0.6) is 0 Å². The largest absolute Gasteiger partial charge is 0.481 e. The fourth-order valence-corrected chi connectivity index (χ4v) is 4.37. The van der Waals surface area contributed by atoms with Crippen molar-refractivity contribution in [2.24, 2.45) is 5.92 Å². The molecule has 2 heterocycles. The Kier molecular flexibility index (Phi) is 5.70. The van der Waals surface area contributed by atoms with E-state index in [-0.39, 0.29) is 13.0 Å². The zero-order chi connectivity index (χ0) is 19.4. The monoisotopic (exact) mass is 387 g/mol. The Labute approximate surface area is 159 Å². The summed E-state index contributed by atoms with van der Waals surface area (Å²) in [6.07, 6.45) is 2.75. The van der Waals surface area contributed by atoms with Crippen molar-refractivity contribution in [1.82, 2.24) is 14.9 Å². The second-order valence-electron chi connectivity index (χ2n) is 6.06. The number of amides is 1. The fourth-order valence-electron chi connectivity index (χ4n) is 3.20. The molecule has 27 heavy (non-hydrogen) atoms. The van der Waals surface area contributed by atoms with E-state index in [1.807, 2.05) is 0 Å². The lowest BCUT2D eigenvalue weighted by Crippen LogP contribution is -2.43. The summed E-state index contributed by atoms with van der Waals surface area (Å²) in [5.74, 6) is -3.53. The van der Waals surface area contributed by atoms with E-state index in [4.69, 9.17) is 0 Å². The van der Waals surface area contributed by atoms with E-state index in [0.29, 0.717) is 10.7 Å². The fraction of sp³-hybridized carbons (Fsp3) is 0.278. The molecular formula is C18H17N3O5S. The third kappa shape index (κ3) is 4.25. The minimum atomic E-state index is -1.23. The maximum atomic E-state index is 12.9. The smallest absolute Gasteiger partial charge is 0.326 e. The van der Waals surface area contributed by atoms with Crippen molar-refractivity contribution in [2.45, 2.75) is 22.9 Å². The van der Waals surface area contributed by atoms with Gasteiger partial charge >= 0.3 is 11.9 Å². The van der Waals surface area contributed by atoms with Gasteiger partial charge in [0.15, 0.2) is 5.16 Å². The number of likely N-dealkylation sites (tertiary alicyclic amines) is 1. The summed E-state index contributed by atoms with van der Waals surface area (Å²) < 4.78 is 0. The Hall–Kier alpha value is -2.94. The van der Waals surface area contributed by atoms with E-state index in [1.54, 1.807) is 48.8 Å². The first-order valence-corrected chi connectivity index (χ1v) is 9.09. The Morgan fingerprint density at radius 3 is 2.33 bits per heavy atom. The van der Waals surface area contributed by atoms with Gasteiger partial charge in [0.2, 0.25) is 0 Å². The molecule has 3 rings (SSSR count). The van der Waals surface area contributed by atoms with Crippen LogP contribution in [0.2, 0.25) is 0 Å². The molecule has 3 atom stereocenters. The molecule has 8 nitrogen and oxygen atoms in total. The zero-order valence-corrected chi connectivity index (χ0v) is 15.0. The van der Waals surface area contributed by atoms with Gasteiger partial charge in [0.1, 0.15) is 6.04 Å². The Morgan fingerprint density at radius 2 is 1.74 bits per heavy atom. The number of carboxylic acids is 2. The van der Waals surface area contributed by atoms with E-state index in [0.717, 1.165) is 0 Å². The molecule has 1 aliphatic rings. The van der Waals surface area contributed by atoms with Gasteiger partial charge in [-0.15, -0.1) is 0 Å². The van der Waals surface area contributed by atoms with Crippen LogP contribution in [0.25, 0.3) is 0 Å². The maximum absolute atomic E-state index is 12.9. The molecule has 0 saturated carbocycles. The van der Waals surface area contributed by atoms with Gasteiger partial charge in [0.05, 0.1) is 6.42 Å². The summed E-state index contributed by atoms with van der Waals surface area (Å²) in [6.45, 7) is 0.103. The molecule has 1 aliphatic heterocycles. The van der Waals surface area contributed by atoms with Crippen LogP contribution in [0.15, 0.2) is 53.9 Å². The molecule has 1 amide bonds. The molecule has 2 N–H and O–H groups in total. The van der Waals surface area contributed by atoms with Crippen LogP contribution >= 0.6 is 11.8 Å². The van der Waals surface area contributed by atoms with Crippen molar-refractivity contribution in [3.8, 4) is 0 Å². The average Bonchev–Trinajstić information content (AvgIpc) is 3.00. The number of hydrogen-bond acceptors (Lipinski definition) is 6. The summed E-state index contributed by atoms with van der Waals surface area (Å²) in [4.78, 5) is 45.6. The second-order valence-corrected chi connectivity index (χ2v) is 7.26. The van der Waals surface area contributed by atoms with Crippen LogP contribution < -0.4 is 0 Å². The van der Waals surface area contributed by atoms with Crippen LogP contribution in [0, 0.1) is 5.92 Å². The molecule has 0 aliphatic carbocycles. The SMILES string of the molecule is O=C(O)C[C@H]1[C@@H](Sc2ncccn2)CN(C(=O)c2ccccc2)[C@@H]1C(=O)O. The number of rotatable bonds is 6. The van der Waals surface area contributed by atoms with E-state index >= 15 is 0 Å². The highest BCUT2D eigenvalue weighted by atomic mass is 32.2. The predicted octanol–water partition coefficient (Wildman–Crippen LogP) is 1.64. The standard InChI is InChI=1S/C18H17N3O5S/c22-14(23)9-12-13(27-18-19-7-4-8-20-18)10-21(15(12)17(25)26)16(24)11-5-2-1-3-6-11/h1-8,12-13,15H,9-10H2,(H,22,23)(H,25,26)/t12-,13-,15-/m0/s1. The average molecular weight is 387 g/mol. The number of aromatic nitrogens is 2. The van der Waals surface area contributed by atoms with Crippen molar-refractivity contribution in [2.75, 3.05) is 6.54 Å². The normalized spacial score (nSPS) is 21.8. The van der Waals surface area contributed by atoms with Gasteiger partial charge in [-0.25, -0.2) is 14.8 Å². The summed E-state index contributed by atoms with van der Waals surface area (Å²) in [5.41, 5.74) is 0.361. The van der Waals surface area contributed by atoms with Crippen LogP contribution in [-0.4, -0.2) is 60.8 Å². The number of hydrogen-bond donors (Lipinski definition) is 2. The lowest BCUT2D eigenvalue weighted by Gasteiger charge is -2.24. The van der Waals surface area contributed by atoms with Crippen LogP contribution in [0.1, 0.15) is 16.8 Å². The first kappa shape index (κ1) is 18.8. The van der Waals surface area contributed by atoms with Crippen LogP contribution in [0.3, 0.4) is 0 Å². The van der Waals surface area contributed by atoms with Gasteiger partial charge in [-0.2, -0.15) is 0 Å². The minimum absolute atomic E-state index is 0.103. The zero-order valence-electron chi connectivity index (χ0n) is 14.1. The number of aliphatic carboxylic acids is 2. The van der Waals surface area contributed by atoms with Crippen molar-refractivity contribution < 1.29 is 24.6 Å². The summed E-state index contributed by atoms with van der Waals surface area (Å²) in [5, 5.41) is 18.9. The predicted molar refractivity (Wildman–Crippen MR) is 96.3 cm³/mol. The molecule has 140 valence electrons. The van der Waals surface area contributed by atoms with Crippen molar-refractivity contribution in [1.29, 1.82) is 0 Å². The van der Waals surface area contributed by atoms with Gasteiger partial charge < -0.3 is 15.1 Å². The molecule has 0 bridgehead atoms. The molecule has 1 aromatic carbocycles. The number of carbonyl (C=O) groups is 3. The lowest BCUT2D eigenvalue weighted by molar-refractivity contribution is -0.144. The van der Waals surface area contributed by atoms with Crippen molar-refractivity contribution in [3.63, 3.8) is 0 Å². The Balaban J connectivity index is 1.92. The van der Waals surface area contributed by atoms with E-state index in [9.17, 15) is 24.6 Å². The second kappa shape index (κ2) is 8.17. The molecule has 1 fully saturated rings. The molecule has 0 spiro atoms. The van der Waals surface area contributed by atoms with E-state index < -0.39 is 35.1 Å². The third-order valence-corrected chi connectivity index (χ3v) is 5.56. The molecule has 0 unspecified atom stereocenters. The number of thioether (sulfide) groups is 1. The van der Waals surface area contributed by atoms with Gasteiger partial charge in [-0.05, 0) is 18.2 Å². The first-order valence-electron chi connectivity index (χ1n) is 8.21. The van der Waals surface area contributed by atoms with Crippen LogP contribution in [-0.2, 0) is 9.59 Å². The van der Waals surface area contributed by atoms with Crippen molar-refractivity contribution in [3.05, 3.63) is 54.4 Å². The van der Waals surface area contributed by atoms with E-state index in [1.165, 1.54) is 16.7 Å². The highest BCUT2D eigenvalue weighted by Crippen LogP contribution is 2.38. The number of carboxylic acid groups (broad SMARTS) is 2. The van der Waals surface area contributed by atoms with Gasteiger partial charge in [0.25, 0.3) is 5.91 Å². The van der Waals surface area contributed by atoms with Gasteiger partial charge in [-0.1, -0.05) is 30.0 Å². The first-order chi connectivity index (χ1) is 13.0. The molecule has 0 radical (unpaired) electrons. The van der Waals surface area contributed by atoms with Gasteiger partial charge in [0, 0.05) is 35.7 Å². The summed E-state index contributed by atoms with van der Waals surface area (Å²) in [7, 11) is 0. The molecule has 2 aromatic rings. The molecule has 9 heteroatoms. The van der Waals surface area contributed by atoms with Crippen molar-refractivity contribution >= 4 is 29.6 Å². The number of benzene rings is 1. The highest BCUT2D eigenvalue weighted by Gasteiger charge is 2.49. The molecular weight excluding hydrogens is 370 g/mol. The number of nitrogens with zero attached hydrogens (tertiary/aromatic N) is 3. The highest BCUT2D eigenvalue weighted by molar-refractivity contribution is 7.99. The third-order valence-electron chi connectivity index (χ3n) is 4.34. The quantitative estimate of drug-likeness (QED) is 0.718. The lowest BCUT2D eigenvalue weighted by atomic mass is 9.96.